The molecule has 2 bridgehead atoms. The second-order valence-corrected chi connectivity index (χ2v) is 5.89. The molecule has 2 atom stereocenters. The molecule has 1 aromatic heterocycles. The summed E-state index contributed by atoms with van der Waals surface area (Å²) in [4.78, 5) is 4.26. The van der Waals surface area contributed by atoms with Crippen molar-refractivity contribution in [3.8, 4) is 11.3 Å². The standard InChI is InChI=1S/C17H16FN/c1-10-6-16(18)17(19-9-10)13-4-5-14-11-2-3-12(7-11)15(14)8-13/h4-6,8-9,11-12H,2-3,7H2,1H3. The average molecular weight is 253 g/mol. The van der Waals surface area contributed by atoms with Crippen LogP contribution in [0.15, 0.2) is 30.5 Å². The van der Waals surface area contributed by atoms with E-state index in [0.29, 0.717) is 11.6 Å². The highest BCUT2D eigenvalue weighted by atomic mass is 19.1. The number of hydrogen-bond donors (Lipinski definition) is 0. The Morgan fingerprint density at radius 3 is 2.68 bits per heavy atom. The van der Waals surface area contributed by atoms with E-state index in [4.69, 9.17) is 0 Å². The van der Waals surface area contributed by atoms with Gasteiger partial charge in [-0.15, -0.1) is 0 Å². The summed E-state index contributed by atoms with van der Waals surface area (Å²) in [5.41, 5.74) is 5.20. The second kappa shape index (κ2) is 3.89. The number of fused-ring (bicyclic) bond motifs is 5. The molecule has 0 saturated heterocycles. The number of hydrogen-bond acceptors (Lipinski definition) is 1. The van der Waals surface area contributed by atoms with Gasteiger partial charge in [0.1, 0.15) is 11.5 Å². The number of rotatable bonds is 1. The topological polar surface area (TPSA) is 12.9 Å². The maximum absolute atomic E-state index is 14.0. The van der Waals surface area contributed by atoms with Gasteiger partial charge >= 0.3 is 0 Å². The highest BCUT2D eigenvalue weighted by Gasteiger charge is 2.36. The van der Waals surface area contributed by atoms with Gasteiger partial charge in [-0.05, 0) is 66.8 Å². The van der Waals surface area contributed by atoms with Crippen molar-refractivity contribution in [2.75, 3.05) is 0 Å². The molecule has 2 unspecified atom stereocenters. The molecule has 2 heteroatoms. The lowest BCUT2D eigenvalue weighted by atomic mass is 9.90. The van der Waals surface area contributed by atoms with Crippen molar-refractivity contribution in [3.05, 3.63) is 53.0 Å². The molecule has 0 radical (unpaired) electrons. The maximum atomic E-state index is 14.0. The molecule has 0 spiro atoms. The van der Waals surface area contributed by atoms with Gasteiger partial charge in [-0.3, -0.25) is 4.98 Å². The predicted octanol–water partition coefficient (Wildman–Crippen LogP) is 4.56. The van der Waals surface area contributed by atoms with E-state index in [1.807, 2.05) is 13.0 Å². The van der Waals surface area contributed by atoms with Crippen molar-refractivity contribution in [2.45, 2.75) is 38.0 Å². The summed E-state index contributed by atoms with van der Waals surface area (Å²) in [5, 5.41) is 0. The van der Waals surface area contributed by atoms with Gasteiger partial charge in [0.25, 0.3) is 0 Å². The third-order valence-electron chi connectivity index (χ3n) is 4.65. The van der Waals surface area contributed by atoms with E-state index in [-0.39, 0.29) is 5.82 Å². The molecular weight excluding hydrogens is 237 g/mol. The summed E-state index contributed by atoms with van der Waals surface area (Å²) < 4.78 is 14.0. The fourth-order valence-corrected chi connectivity index (χ4v) is 3.74. The van der Waals surface area contributed by atoms with Gasteiger partial charge in [0.15, 0.2) is 0 Å². The highest BCUT2D eigenvalue weighted by molar-refractivity contribution is 5.63. The van der Waals surface area contributed by atoms with Gasteiger partial charge in [-0.2, -0.15) is 0 Å². The summed E-state index contributed by atoms with van der Waals surface area (Å²) in [5.74, 6) is 1.24. The van der Waals surface area contributed by atoms with Gasteiger partial charge < -0.3 is 0 Å². The van der Waals surface area contributed by atoms with Crippen LogP contribution in [0.3, 0.4) is 0 Å². The molecule has 0 aliphatic heterocycles. The molecule has 1 fully saturated rings. The molecule has 96 valence electrons. The zero-order chi connectivity index (χ0) is 13.0. The van der Waals surface area contributed by atoms with E-state index >= 15 is 0 Å². The van der Waals surface area contributed by atoms with Crippen LogP contribution in [0.1, 0.15) is 47.8 Å². The number of aryl methyl sites for hydroxylation is 1. The number of pyridine rings is 1. The zero-order valence-corrected chi connectivity index (χ0v) is 11.0. The molecule has 1 saturated carbocycles. The maximum Gasteiger partial charge on any atom is 0.149 e. The summed E-state index contributed by atoms with van der Waals surface area (Å²) in [6, 6.07) is 7.94. The van der Waals surface area contributed by atoms with E-state index in [1.54, 1.807) is 12.3 Å². The van der Waals surface area contributed by atoms with Gasteiger partial charge in [0.05, 0.1) is 0 Å². The van der Waals surface area contributed by atoms with Crippen LogP contribution in [-0.4, -0.2) is 4.98 Å². The predicted molar refractivity (Wildman–Crippen MR) is 73.7 cm³/mol. The molecule has 19 heavy (non-hydrogen) atoms. The van der Waals surface area contributed by atoms with Gasteiger partial charge in [-0.1, -0.05) is 12.1 Å². The first kappa shape index (κ1) is 11.2. The molecule has 2 aromatic rings. The minimum absolute atomic E-state index is 0.219. The van der Waals surface area contributed by atoms with Gasteiger partial charge in [-0.25, -0.2) is 4.39 Å². The molecule has 2 aliphatic carbocycles. The largest absolute Gasteiger partial charge is 0.253 e. The van der Waals surface area contributed by atoms with Crippen LogP contribution in [-0.2, 0) is 0 Å². The Morgan fingerprint density at radius 1 is 1.11 bits per heavy atom. The Hall–Kier alpha value is -1.70. The van der Waals surface area contributed by atoms with Crippen LogP contribution in [0, 0.1) is 12.7 Å². The molecular formula is C17H16FN. The SMILES string of the molecule is Cc1cnc(-c2ccc3c(c2)C2CCC3C2)c(F)c1. The fourth-order valence-electron chi connectivity index (χ4n) is 3.74. The lowest BCUT2D eigenvalue weighted by Gasteiger charge is -2.16. The minimum Gasteiger partial charge on any atom is -0.253 e. The third kappa shape index (κ3) is 1.62. The lowest BCUT2D eigenvalue weighted by molar-refractivity contribution is 0.624. The molecule has 1 nitrogen and oxygen atoms in total. The number of benzene rings is 1. The van der Waals surface area contributed by atoms with Crippen LogP contribution in [0.2, 0.25) is 0 Å². The summed E-state index contributed by atoms with van der Waals surface area (Å²) in [6.45, 7) is 1.86. The quantitative estimate of drug-likeness (QED) is 0.726. The van der Waals surface area contributed by atoms with E-state index in [0.717, 1.165) is 17.0 Å². The normalized spacial score (nSPS) is 23.7. The monoisotopic (exact) mass is 253 g/mol. The van der Waals surface area contributed by atoms with E-state index in [1.165, 1.54) is 30.4 Å². The summed E-state index contributed by atoms with van der Waals surface area (Å²) in [7, 11) is 0. The Bertz CT molecular complexity index is 662. The molecule has 1 aromatic carbocycles. The highest BCUT2D eigenvalue weighted by Crippen LogP contribution is 2.53. The van der Waals surface area contributed by atoms with Gasteiger partial charge in [0.2, 0.25) is 0 Å². The van der Waals surface area contributed by atoms with Crippen LogP contribution >= 0.6 is 0 Å². The number of aromatic nitrogens is 1. The minimum atomic E-state index is -0.219. The summed E-state index contributed by atoms with van der Waals surface area (Å²) in [6.07, 6.45) is 5.65. The molecule has 4 rings (SSSR count). The van der Waals surface area contributed by atoms with Crippen molar-refractivity contribution >= 4 is 0 Å². The van der Waals surface area contributed by atoms with Crippen molar-refractivity contribution in [1.29, 1.82) is 0 Å². The fraction of sp³-hybridized carbons (Fsp3) is 0.353. The van der Waals surface area contributed by atoms with E-state index < -0.39 is 0 Å². The Morgan fingerprint density at radius 2 is 1.89 bits per heavy atom. The lowest BCUT2D eigenvalue weighted by Crippen LogP contribution is -1.99. The van der Waals surface area contributed by atoms with Crippen molar-refractivity contribution in [2.24, 2.45) is 0 Å². The first-order valence-corrected chi connectivity index (χ1v) is 6.99. The zero-order valence-electron chi connectivity index (χ0n) is 11.0. The number of nitrogens with zero attached hydrogens (tertiary/aromatic N) is 1. The first-order valence-electron chi connectivity index (χ1n) is 6.99. The van der Waals surface area contributed by atoms with Crippen LogP contribution in [0.25, 0.3) is 11.3 Å². The first-order chi connectivity index (χ1) is 9.22. The Labute approximate surface area is 112 Å². The van der Waals surface area contributed by atoms with Gasteiger partial charge in [0, 0.05) is 11.8 Å². The van der Waals surface area contributed by atoms with Crippen LogP contribution in [0.5, 0.6) is 0 Å². The number of halogens is 1. The van der Waals surface area contributed by atoms with E-state index in [9.17, 15) is 4.39 Å². The molecule has 0 amide bonds. The molecule has 0 N–H and O–H groups in total. The summed E-state index contributed by atoms with van der Waals surface area (Å²) >= 11 is 0. The second-order valence-electron chi connectivity index (χ2n) is 5.89. The Balaban J connectivity index is 1.83. The van der Waals surface area contributed by atoms with Crippen molar-refractivity contribution in [3.63, 3.8) is 0 Å². The third-order valence-corrected chi connectivity index (χ3v) is 4.65. The molecule has 2 aliphatic rings. The van der Waals surface area contributed by atoms with Crippen LogP contribution in [0.4, 0.5) is 4.39 Å². The smallest absolute Gasteiger partial charge is 0.149 e. The van der Waals surface area contributed by atoms with Crippen LogP contribution < -0.4 is 0 Å². The van der Waals surface area contributed by atoms with E-state index in [2.05, 4.69) is 17.1 Å². The molecule has 1 heterocycles. The Kier molecular flexibility index (Phi) is 2.29. The average Bonchev–Trinajstić information content (AvgIpc) is 3.00. The van der Waals surface area contributed by atoms with Crippen molar-refractivity contribution < 1.29 is 4.39 Å². The van der Waals surface area contributed by atoms with Crippen molar-refractivity contribution in [1.82, 2.24) is 4.98 Å².